The van der Waals surface area contributed by atoms with E-state index in [-0.39, 0.29) is 17.4 Å². The van der Waals surface area contributed by atoms with Gasteiger partial charge in [-0.05, 0) is 33.6 Å². The van der Waals surface area contributed by atoms with Gasteiger partial charge in [0.2, 0.25) is 5.91 Å². The summed E-state index contributed by atoms with van der Waals surface area (Å²) in [4.78, 5) is 22.5. The number of aromatic nitrogens is 2. The minimum absolute atomic E-state index is 0.0194. The van der Waals surface area contributed by atoms with Crippen LogP contribution < -0.4 is 10.2 Å². The van der Waals surface area contributed by atoms with Gasteiger partial charge in [0.15, 0.2) is 5.82 Å². The van der Waals surface area contributed by atoms with Crippen molar-refractivity contribution in [2.24, 2.45) is 5.92 Å². The summed E-state index contributed by atoms with van der Waals surface area (Å²) >= 11 is 6.12. The molecule has 6 heteroatoms. The zero-order valence-electron chi connectivity index (χ0n) is 12.2. The number of carbonyl (C=O) groups is 1. The average molecular weight is 297 g/mol. The van der Waals surface area contributed by atoms with Gasteiger partial charge >= 0.3 is 0 Å². The number of nitrogens with zero attached hydrogens (tertiary/aromatic N) is 3. The third kappa shape index (κ3) is 3.82. The quantitative estimate of drug-likeness (QED) is 0.909. The lowest BCUT2D eigenvalue weighted by Crippen LogP contribution is -2.48. The van der Waals surface area contributed by atoms with Crippen LogP contribution in [0.3, 0.4) is 0 Å². The van der Waals surface area contributed by atoms with Crippen LogP contribution in [0.15, 0.2) is 12.5 Å². The molecule has 2 rings (SSSR count). The Hall–Kier alpha value is -1.36. The van der Waals surface area contributed by atoms with Crippen LogP contribution in [0.4, 0.5) is 5.82 Å². The van der Waals surface area contributed by atoms with Gasteiger partial charge in [0.1, 0.15) is 11.3 Å². The largest absolute Gasteiger partial charge is 0.354 e. The Labute approximate surface area is 124 Å². The highest BCUT2D eigenvalue weighted by Gasteiger charge is 2.29. The van der Waals surface area contributed by atoms with Crippen LogP contribution in [0, 0.1) is 5.92 Å². The molecule has 0 saturated carbocycles. The molecule has 0 radical (unpaired) electrons. The predicted molar refractivity (Wildman–Crippen MR) is 79.9 cm³/mol. The molecule has 0 aliphatic carbocycles. The van der Waals surface area contributed by atoms with E-state index in [2.05, 4.69) is 20.2 Å². The van der Waals surface area contributed by atoms with Crippen molar-refractivity contribution in [2.75, 3.05) is 18.0 Å². The second kappa shape index (κ2) is 5.95. The zero-order chi connectivity index (χ0) is 14.8. The lowest BCUT2D eigenvalue weighted by molar-refractivity contribution is -0.126. The maximum Gasteiger partial charge on any atom is 0.225 e. The summed E-state index contributed by atoms with van der Waals surface area (Å²) in [6.07, 6.45) is 4.94. The van der Waals surface area contributed by atoms with Gasteiger partial charge in [-0.25, -0.2) is 9.97 Å². The van der Waals surface area contributed by atoms with Gasteiger partial charge in [-0.3, -0.25) is 4.79 Å². The molecule has 1 atom stereocenters. The van der Waals surface area contributed by atoms with Gasteiger partial charge in [0, 0.05) is 18.6 Å². The third-order valence-electron chi connectivity index (χ3n) is 3.24. The van der Waals surface area contributed by atoms with Crippen LogP contribution >= 0.6 is 11.6 Å². The Morgan fingerprint density at radius 2 is 2.25 bits per heavy atom. The molecule has 1 aliphatic rings. The molecule has 1 fully saturated rings. The number of anilines is 1. The molecule has 110 valence electrons. The fourth-order valence-electron chi connectivity index (χ4n) is 2.39. The second-order valence-electron chi connectivity index (χ2n) is 6.22. The van der Waals surface area contributed by atoms with Crippen molar-refractivity contribution in [1.29, 1.82) is 0 Å². The first-order valence-electron chi connectivity index (χ1n) is 6.89. The Bertz CT molecular complexity index is 486. The van der Waals surface area contributed by atoms with Gasteiger partial charge in [-0.1, -0.05) is 11.6 Å². The van der Waals surface area contributed by atoms with E-state index < -0.39 is 0 Å². The van der Waals surface area contributed by atoms with Gasteiger partial charge in [0.25, 0.3) is 0 Å². The van der Waals surface area contributed by atoms with E-state index in [0.29, 0.717) is 11.6 Å². The number of halogens is 1. The molecule has 0 aromatic carbocycles. The van der Waals surface area contributed by atoms with E-state index >= 15 is 0 Å². The maximum atomic E-state index is 12.3. The first kappa shape index (κ1) is 15.0. The van der Waals surface area contributed by atoms with Crippen molar-refractivity contribution >= 4 is 23.3 Å². The van der Waals surface area contributed by atoms with Crippen LogP contribution in [-0.2, 0) is 4.79 Å². The smallest absolute Gasteiger partial charge is 0.225 e. The lowest BCUT2D eigenvalue weighted by Gasteiger charge is -2.34. The number of hydrogen-bond donors (Lipinski definition) is 1. The number of rotatable bonds is 2. The molecule has 1 N–H and O–H groups in total. The fraction of sp³-hybridized carbons (Fsp3) is 0.643. The van der Waals surface area contributed by atoms with E-state index in [4.69, 9.17) is 11.6 Å². The Kier molecular flexibility index (Phi) is 4.48. The highest BCUT2D eigenvalue weighted by atomic mass is 35.5. The molecule has 5 nitrogen and oxygen atoms in total. The molecule has 1 unspecified atom stereocenters. The van der Waals surface area contributed by atoms with E-state index in [1.54, 1.807) is 6.20 Å². The molecular formula is C14H21ClN4O. The molecular weight excluding hydrogens is 276 g/mol. The minimum Gasteiger partial charge on any atom is -0.354 e. The second-order valence-corrected chi connectivity index (χ2v) is 6.63. The summed E-state index contributed by atoms with van der Waals surface area (Å²) in [7, 11) is 0. The van der Waals surface area contributed by atoms with Crippen LogP contribution in [0.5, 0.6) is 0 Å². The van der Waals surface area contributed by atoms with Crippen LogP contribution in [0.1, 0.15) is 33.6 Å². The Balaban J connectivity index is 2.06. The fourth-order valence-corrected chi connectivity index (χ4v) is 2.62. The average Bonchev–Trinajstić information content (AvgIpc) is 2.37. The highest BCUT2D eigenvalue weighted by molar-refractivity contribution is 6.32. The zero-order valence-corrected chi connectivity index (χ0v) is 12.9. The normalized spacial score (nSPS) is 19.8. The number of nitrogens with one attached hydrogen (secondary N) is 1. The van der Waals surface area contributed by atoms with Gasteiger partial charge in [-0.15, -0.1) is 0 Å². The van der Waals surface area contributed by atoms with Crippen LogP contribution in [0.25, 0.3) is 0 Å². The minimum atomic E-state index is -0.202. The van der Waals surface area contributed by atoms with E-state index in [9.17, 15) is 4.79 Å². The molecule has 20 heavy (non-hydrogen) atoms. The van der Waals surface area contributed by atoms with Crippen molar-refractivity contribution in [3.63, 3.8) is 0 Å². The first-order chi connectivity index (χ1) is 9.37. The maximum absolute atomic E-state index is 12.3. The Morgan fingerprint density at radius 1 is 1.50 bits per heavy atom. The standard InChI is InChI=1S/C14H21ClN4O/c1-14(2,3)18-13(20)10-5-4-6-19(8-10)12-11(15)7-16-9-17-12/h7,9-10H,4-6,8H2,1-3H3,(H,18,20). The van der Waals surface area contributed by atoms with Gasteiger partial charge < -0.3 is 10.2 Å². The number of carbonyl (C=O) groups excluding carboxylic acids is 1. The topological polar surface area (TPSA) is 58.1 Å². The van der Waals surface area contributed by atoms with Gasteiger partial charge in [0.05, 0.1) is 12.1 Å². The van der Waals surface area contributed by atoms with E-state index in [1.165, 1.54) is 6.33 Å². The van der Waals surface area contributed by atoms with Crippen LogP contribution in [0.2, 0.25) is 5.02 Å². The molecule has 1 aromatic rings. The monoisotopic (exact) mass is 296 g/mol. The van der Waals surface area contributed by atoms with E-state index in [0.717, 1.165) is 25.2 Å². The molecule has 0 bridgehead atoms. The Morgan fingerprint density at radius 3 is 2.90 bits per heavy atom. The molecule has 2 heterocycles. The number of hydrogen-bond acceptors (Lipinski definition) is 4. The molecule has 1 saturated heterocycles. The molecule has 1 aliphatic heterocycles. The summed E-state index contributed by atoms with van der Waals surface area (Å²) in [6, 6.07) is 0. The van der Waals surface area contributed by atoms with Crippen molar-refractivity contribution in [3.05, 3.63) is 17.5 Å². The van der Waals surface area contributed by atoms with E-state index in [1.807, 2.05) is 20.8 Å². The lowest BCUT2D eigenvalue weighted by atomic mass is 9.95. The van der Waals surface area contributed by atoms with Crippen LogP contribution in [-0.4, -0.2) is 34.5 Å². The summed E-state index contributed by atoms with van der Waals surface area (Å²) in [5.41, 5.74) is -0.202. The summed E-state index contributed by atoms with van der Waals surface area (Å²) < 4.78 is 0. The van der Waals surface area contributed by atoms with Crippen molar-refractivity contribution in [1.82, 2.24) is 15.3 Å². The summed E-state index contributed by atoms with van der Waals surface area (Å²) in [5.74, 6) is 0.802. The summed E-state index contributed by atoms with van der Waals surface area (Å²) in [6.45, 7) is 7.50. The molecule has 0 spiro atoms. The molecule has 1 aromatic heterocycles. The number of amides is 1. The predicted octanol–water partition coefficient (Wildman–Crippen LogP) is 2.26. The van der Waals surface area contributed by atoms with Crippen molar-refractivity contribution in [2.45, 2.75) is 39.2 Å². The molecule has 1 amide bonds. The summed E-state index contributed by atoms with van der Waals surface area (Å²) in [5, 5.41) is 3.58. The third-order valence-corrected chi connectivity index (χ3v) is 3.50. The highest BCUT2D eigenvalue weighted by Crippen LogP contribution is 2.27. The van der Waals surface area contributed by atoms with Crippen molar-refractivity contribution < 1.29 is 4.79 Å². The van der Waals surface area contributed by atoms with Crippen molar-refractivity contribution in [3.8, 4) is 0 Å². The SMILES string of the molecule is CC(C)(C)NC(=O)C1CCCN(c2ncncc2Cl)C1. The van der Waals surface area contributed by atoms with Gasteiger partial charge in [-0.2, -0.15) is 0 Å². The number of piperidine rings is 1. The first-order valence-corrected chi connectivity index (χ1v) is 7.27.